The molecule has 5 heteroatoms. The second kappa shape index (κ2) is 7.84. The fourth-order valence-corrected chi connectivity index (χ4v) is 2.85. The molecule has 23 heavy (non-hydrogen) atoms. The van der Waals surface area contributed by atoms with Crippen molar-refractivity contribution < 1.29 is 14.1 Å². The summed E-state index contributed by atoms with van der Waals surface area (Å²) in [5, 5.41) is 1.47. The first-order valence-electron chi connectivity index (χ1n) is 8.52. The van der Waals surface area contributed by atoms with Gasteiger partial charge >= 0.3 is 6.09 Å². The number of ether oxygens (including phenoxy) is 1. The van der Waals surface area contributed by atoms with E-state index < -0.39 is 20.0 Å². The van der Waals surface area contributed by atoms with Gasteiger partial charge in [0.2, 0.25) is 8.32 Å². The van der Waals surface area contributed by atoms with Gasteiger partial charge in [-0.05, 0) is 64.7 Å². The van der Waals surface area contributed by atoms with Gasteiger partial charge in [-0.15, -0.1) is 0 Å². The van der Waals surface area contributed by atoms with E-state index in [0.717, 1.165) is 12.0 Å². The summed E-state index contributed by atoms with van der Waals surface area (Å²) in [6.45, 7) is 22.4. The van der Waals surface area contributed by atoms with Crippen LogP contribution in [0.5, 0.6) is 0 Å². The molecule has 0 saturated heterocycles. The van der Waals surface area contributed by atoms with Gasteiger partial charge in [-0.25, -0.2) is 4.79 Å². The zero-order chi connectivity index (χ0) is 18.6. The maximum atomic E-state index is 12.7. The summed E-state index contributed by atoms with van der Waals surface area (Å²) in [6, 6.07) is -0.144. The highest BCUT2D eigenvalue weighted by Gasteiger charge is 2.43. The Labute approximate surface area is 144 Å². The molecule has 0 aromatic rings. The van der Waals surface area contributed by atoms with Gasteiger partial charge in [0.15, 0.2) is 0 Å². The van der Waals surface area contributed by atoms with Crippen LogP contribution >= 0.6 is 0 Å². The van der Waals surface area contributed by atoms with Crippen LogP contribution in [0.25, 0.3) is 0 Å². The second-order valence-corrected chi connectivity index (χ2v) is 13.3. The summed E-state index contributed by atoms with van der Waals surface area (Å²) in [6.07, 6.45) is 2.51. The summed E-state index contributed by atoms with van der Waals surface area (Å²) in [4.78, 5) is 12.7. The number of amides is 1. The Hall–Kier alpha value is -0.813. The lowest BCUT2D eigenvalue weighted by Crippen LogP contribution is -2.52. The molecule has 0 aliphatic carbocycles. The number of hydrogen-bond donors (Lipinski definition) is 0. The molecule has 1 atom stereocenters. The van der Waals surface area contributed by atoms with Gasteiger partial charge in [-0.3, -0.25) is 0 Å². The molecule has 0 unspecified atom stereocenters. The van der Waals surface area contributed by atoms with Gasteiger partial charge in [0, 0.05) is 0 Å². The Kier molecular flexibility index (Phi) is 7.56. The van der Waals surface area contributed by atoms with E-state index in [2.05, 4.69) is 46.9 Å². The molecule has 0 fully saturated rings. The fourth-order valence-electron chi connectivity index (χ4n) is 1.86. The molecule has 1 amide bonds. The molecule has 0 spiro atoms. The van der Waals surface area contributed by atoms with Gasteiger partial charge in [-0.2, -0.15) is 5.06 Å². The van der Waals surface area contributed by atoms with Gasteiger partial charge in [0.25, 0.3) is 0 Å². The van der Waals surface area contributed by atoms with E-state index in [4.69, 9.17) is 9.26 Å². The van der Waals surface area contributed by atoms with Gasteiger partial charge in [0.1, 0.15) is 5.60 Å². The van der Waals surface area contributed by atoms with E-state index in [1.165, 1.54) is 5.06 Å². The Bertz CT molecular complexity index is 431. The predicted octanol–water partition coefficient (Wildman–Crippen LogP) is 5.91. The molecule has 0 aromatic heterocycles. The SMILES string of the molecule is CC=C(CC)[C@H](C)N(O[Si](C)(C)C(C)(C)C)C(=O)OC(C)(C)C. The first kappa shape index (κ1) is 22.2. The Morgan fingerprint density at radius 1 is 1.17 bits per heavy atom. The van der Waals surface area contributed by atoms with Crippen LogP contribution in [-0.4, -0.2) is 31.1 Å². The highest BCUT2D eigenvalue weighted by molar-refractivity contribution is 6.74. The number of allylic oxidation sites excluding steroid dienone is 1. The van der Waals surface area contributed by atoms with Crippen molar-refractivity contribution in [1.29, 1.82) is 0 Å². The molecular weight excluding hydrogens is 306 g/mol. The minimum absolute atomic E-state index is 0.00922. The molecule has 0 aliphatic heterocycles. The lowest BCUT2D eigenvalue weighted by Gasteiger charge is -2.42. The summed E-state index contributed by atoms with van der Waals surface area (Å²) < 4.78 is 11.9. The maximum absolute atomic E-state index is 12.7. The minimum atomic E-state index is -2.14. The average Bonchev–Trinajstić information content (AvgIpc) is 2.33. The van der Waals surface area contributed by atoms with Crippen LogP contribution in [-0.2, 0) is 9.26 Å². The Morgan fingerprint density at radius 2 is 1.65 bits per heavy atom. The first-order valence-corrected chi connectivity index (χ1v) is 11.4. The van der Waals surface area contributed by atoms with Crippen LogP contribution in [0.15, 0.2) is 11.6 Å². The molecular formula is C18H37NO3Si. The van der Waals surface area contributed by atoms with E-state index in [0.29, 0.717) is 0 Å². The normalized spacial score (nSPS) is 15.3. The van der Waals surface area contributed by atoms with Crippen LogP contribution in [0.1, 0.15) is 68.7 Å². The molecule has 0 saturated carbocycles. The van der Waals surface area contributed by atoms with Gasteiger partial charge in [0.05, 0.1) is 6.04 Å². The number of hydroxylamine groups is 2. The summed E-state index contributed by atoms with van der Waals surface area (Å²) in [5.41, 5.74) is 0.614. The summed E-state index contributed by atoms with van der Waals surface area (Å²) in [5.74, 6) is 0. The number of rotatable bonds is 5. The van der Waals surface area contributed by atoms with Crippen LogP contribution in [0, 0.1) is 0 Å². The molecule has 0 aliphatic rings. The fraction of sp³-hybridized carbons (Fsp3) is 0.833. The third kappa shape index (κ3) is 6.67. The zero-order valence-electron chi connectivity index (χ0n) is 17.0. The number of carbonyl (C=O) groups excluding carboxylic acids is 1. The Balaban J connectivity index is 5.60. The number of nitrogens with zero attached hydrogens (tertiary/aromatic N) is 1. The topological polar surface area (TPSA) is 38.8 Å². The largest absolute Gasteiger partial charge is 0.442 e. The quantitative estimate of drug-likeness (QED) is 0.354. The first-order chi connectivity index (χ1) is 10.2. The molecule has 0 aromatic carbocycles. The van der Waals surface area contributed by atoms with E-state index in [9.17, 15) is 4.79 Å². The van der Waals surface area contributed by atoms with E-state index in [-0.39, 0.29) is 11.1 Å². The smallest absolute Gasteiger partial charge is 0.434 e. The van der Waals surface area contributed by atoms with E-state index in [1.54, 1.807) is 0 Å². The van der Waals surface area contributed by atoms with Crippen molar-refractivity contribution in [2.75, 3.05) is 0 Å². The molecule has 0 bridgehead atoms. The van der Waals surface area contributed by atoms with Crippen molar-refractivity contribution in [2.45, 2.75) is 98.5 Å². The van der Waals surface area contributed by atoms with E-state index >= 15 is 0 Å². The highest BCUT2D eigenvalue weighted by atomic mass is 28.4. The van der Waals surface area contributed by atoms with E-state index in [1.807, 2.05) is 34.6 Å². The standard InChI is InChI=1S/C18H37NO3Si/c1-12-15(13-2)14(3)19(16(20)21-17(4,5)6)22-23(10,11)18(7,8)9/h12,14H,13H2,1-11H3/t14-/m0/s1. The van der Waals surface area contributed by atoms with Crippen LogP contribution in [0.2, 0.25) is 18.1 Å². The van der Waals surface area contributed by atoms with Crippen LogP contribution < -0.4 is 0 Å². The van der Waals surface area contributed by atoms with Crippen molar-refractivity contribution in [3.63, 3.8) is 0 Å². The average molecular weight is 344 g/mol. The summed E-state index contributed by atoms with van der Waals surface area (Å²) in [7, 11) is -2.14. The lowest BCUT2D eigenvalue weighted by atomic mass is 10.1. The minimum Gasteiger partial charge on any atom is -0.442 e. The number of carbonyl (C=O) groups is 1. The van der Waals surface area contributed by atoms with Crippen molar-refractivity contribution in [1.82, 2.24) is 5.06 Å². The highest BCUT2D eigenvalue weighted by Crippen LogP contribution is 2.38. The second-order valence-electron chi connectivity index (χ2n) is 8.55. The summed E-state index contributed by atoms with van der Waals surface area (Å²) >= 11 is 0. The van der Waals surface area contributed by atoms with Gasteiger partial charge in [-0.1, -0.05) is 33.8 Å². The maximum Gasteiger partial charge on any atom is 0.434 e. The van der Waals surface area contributed by atoms with Crippen molar-refractivity contribution in [3.05, 3.63) is 11.6 Å². The monoisotopic (exact) mass is 343 g/mol. The molecule has 0 radical (unpaired) electrons. The third-order valence-corrected chi connectivity index (χ3v) is 8.64. The Morgan fingerprint density at radius 3 is 1.96 bits per heavy atom. The lowest BCUT2D eigenvalue weighted by molar-refractivity contribution is -0.0963. The van der Waals surface area contributed by atoms with Crippen molar-refractivity contribution >= 4 is 14.4 Å². The molecule has 136 valence electrons. The van der Waals surface area contributed by atoms with Crippen molar-refractivity contribution in [3.8, 4) is 0 Å². The van der Waals surface area contributed by atoms with Gasteiger partial charge < -0.3 is 9.26 Å². The number of hydrogen-bond acceptors (Lipinski definition) is 3. The third-order valence-electron chi connectivity index (χ3n) is 4.37. The van der Waals surface area contributed by atoms with Crippen molar-refractivity contribution in [2.24, 2.45) is 0 Å². The molecule has 0 heterocycles. The predicted molar refractivity (Wildman–Crippen MR) is 99.9 cm³/mol. The molecule has 0 N–H and O–H groups in total. The molecule has 4 nitrogen and oxygen atoms in total. The van der Waals surface area contributed by atoms with Crippen LogP contribution in [0.4, 0.5) is 4.79 Å². The van der Waals surface area contributed by atoms with Crippen LogP contribution in [0.3, 0.4) is 0 Å². The zero-order valence-corrected chi connectivity index (χ0v) is 18.0. The molecule has 0 rings (SSSR count).